The summed E-state index contributed by atoms with van der Waals surface area (Å²) in [5, 5.41) is 3.19. The van der Waals surface area contributed by atoms with Gasteiger partial charge < -0.3 is 9.73 Å². The van der Waals surface area contributed by atoms with E-state index >= 15 is 0 Å². The van der Waals surface area contributed by atoms with Crippen LogP contribution in [0.3, 0.4) is 0 Å². The van der Waals surface area contributed by atoms with Gasteiger partial charge in [0.2, 0.25) is 0 Å². The lowest BCUT2D eigenvalue weighted by molar-refractivity contribution is 0.275. The van der Waals surface area contributed by atoms with Gasteiger partial charge in [-0.05, 0) is 45.6 Å². The van der Waals surface area contributed by atoms with Crippen molar-refractivity contribution < 1.29 is 8.81 Å². The van der Waals surface area contributed by atoms with Crippen LogP contribution in [-0.4, -0.2) is 25.5 Å². The molecular weight excluding hydrogens is 267 g/mol. The Balaban J connectivity index is 1.89. The maximum atomic E-state index is 13.8. The molecule has 0 radical (unpaired) electrons. The van der Waals surface area contributed by atoms with Crippen LogP contribution in [0.15, 0.2) is 40.8 Å². The third-order valence-electron chi connectivity index (χ3n) is 3.65. The van der Waals surface area contributed by atoms with Crippen LogP contribution < -0.4 is 5.32 Å². The van der Waals surface area contributed by atoms with Crippen molar-refractivity contribution in [2.75, 3.05) is 20.6 Å². The third-order valence-corrected chi connectivity index (χ3v) is 3.65. The number of benzene rings is 1. The summed E-state index contributed by atoms with van der Waals surface area (Å²) in [4.78, 5) is 2.18. The molecule has 2 rings (SSSR count). The van der Waals surface area contributed by atoms with E-state index in [1.165, 1.54) is 6.07 Å². The molecule has 21 heavy (non-hydrogen) atoms. The van der Waals surface area contributed by atoms with Crippen molar-refractivity contribution >= 4 is 0 Å². The van der Waals surface area contributed by atoms with Gasteiger partial charge in [-0.1, -0.05) is 18.2 Å². The minimum atomic E-state index is -0.152. The molecule has 1 aromatic heterocycles. The molecule has 0 aliphatic heterocycles. The van der Waals surface area contributed by atoms with Gasteiger partial charge >= 0.3 is 0 Å². The Bertz CT molecular complexity index is 567. The maximum Gasteiger partial charge on any atom is 0.127 e. The monoisotopic (exact) mass is 290 g/mol. The molecule has 114 valence electrons. The summed E-state index contributed by atoms with van der Waals surface area (Å²) in [6, 6.07) is 10.9. The van der Waals surface area contributed by atoms with Crippen LogP contribution in [0, 0.1) is 12.7 Å². The van der Waals surface area contributed by atoms with Crippen molar-refractivity contribution in [3.05, 3.63) is 59.3 Å². The summed E-state index contributed by atoms with van der Waals surface area (Å²) in [5.41, 5.74) is 0.724. The van der Waals surface area contributed by atoms with Gasteiger partial charge in [0.05, 0.1) is 6.54 Å². The van der Waals surface area contributed by atoms with E-state index in [0.717, 1.165) is 36.6 Å². The molecule has 1 aromatic carbocycles. The van der Waals surface area contributed by atoms with E-state index in [2.05, 4.69) is 10.2 Å². The molecule has 0 amide bonds. The fraction of sp³-hybridized carbons (Fsp3) is 0.412. The molecule has 0 aliphatic rings. The van der Waals surface area contributed by atoms with Crippen molar-refractivity contribution in [3.63, 3.8) is 0 Å². The fourth-order valence-corrected chi connectivity index (χ4v) is 2.48. The van der Waals surface area contributed by atoms with Crippen molar-refractivity contribution in [1.29, 1.82) is 0 Å². The van der Waals surface area contributed by atoms with Gasteiger partial charge in [-0.15, -0.1) is 0 Å². The van der Waals surface area contributed by atoms with E-state index in [4.69, 9.17) is 4.42 Å². The minimum absolute atomic E-state index is 0.0204. The largest absolute Gasteiger partial charge is 0.465 e. The number of hydrogen-bond donors (Lipinski definition) is 1. The molecule has 0 bridgehead atoms. The predicted molar refractivity (Wildman–Crippen MR) is 82.6 cm³/mol. The standard InChI is InChI=1S/C17H23FN2O/c1-13-8-9-14(21-13)12-20(3)11-10-17(19-2)15-6-4-5-7-16(15)18/h4-9,17,19H,10-12H2,1-3H3. The number of rotatable bonds is 7. The topological polar surface area (TPSA) is 28.4 Å². The summed E-state index contributed by atoms with van der Waals surface area (Å²) in [7, 11) is 3.92. The van der Waals surface area contributed by atoms with Gasteiger partial charge in [0.25, 0.3) is 0 Å². The molecule has 3 nitrogen and oxygen atoms in total. The molecule has 1 unspecified atom stereocenters. The van der Waals surface area contributed by atoms with E-state index in [1.54, 1.807) is 6.07 Å². The van der Waals surface area contributed by atoms with Crippen molar-refractivity contribution in [2.45, 2.75) is 25.9 Å². The molecule has 0 spiro atoms. The highest BCUT2D eigenvalue weighted by Crippen LogP contribution is 2.20. The number of nitrogens with one attached hydrogen (secondary N) is 1. The molecule has 1 atom stereocenters. The van der Waals surface area contributed by atoms with Gasteiger partial charge in [0.15, 0.2) is 0 Å². The van der Waals surface area contributed by atoms with Crippen LogP contribution in [0.25, 0.3) is 0 Å². The molecule has 0 aliphatic carbocycles. The van der Waals surface area contributed by atoms with Crippen LogP contribution >= 0.6 is 0 Å². The Kier molecular flexibility index (Phi) is 5.53. The zero-order valence-electron chi connectivity index (χ0n) is 12.9. The molecule has 0 saturated heterocycles. The molecule has 0 saturated carbocycles. The highest BCUT2D eigenvalue weighted by molar-refractivity contribution is 5.21. The summed E-state index contributed by atoms with van der Waals surface area (Å²) in [5.74, 6) is 1.74. The molecule has 1 N–H and O–H groups in total. The van der Waals surface area contributed by atoms with Crippen LogP contribution in [0.5, 0.6) is 0 Å². The van der Waals surface area contributed by atoms with E-state index in [1.807, 2.05) is 45.3 Å². The second kappa shape index (κ2) is 7.38. The average Bonchev–Trinajstić information content (AvgIpc) is 2.86. The summed E-state index contributed by atoms with van der Waals surface area (Å²) in [6.07, 6.45) is 0.841. The Labute approximate surface area is 125 Å². The predicted octanol–water partition coefficient (Wildman–Crippen LogP) is 3.51. The van der Waals surface area contributed by atoms with Crippen molar-refractivity contribution in [2.24, 2.45) is 0 Å². The Morgan fingerprint density at radius 1 is 1.24 bits per heavy atom. The quantitative estimate of drug-likeness (QED) is 0.846. The first-order valence-electron chi connectivity index (χ1n) is 7.25. The molecule has 2 aromatic rings. The van der Waals surface area contributed by atoms with Crippen LogP contribution in [0.4, 0.5) is 4.39 Å². The summed E-state index contributed by atoms with van der Waals surface area (Å²) in [6.45, 7) is 3.57. The minimum Gasteiger partial charge on any atom is -0.465 e. The maximum absolute atomic E-state index is 13.8. The SMILES string of the molecule is CNC(CCN(C)Cc1ccc(C)o1)c1ccccc1F. The second-order valence-corrected chi connectivity index (χ2v) is 5.40. The smallest absolute Gasteiger partial charge is 0.127 e. The van der Waals surface area contributed by atoms with Gasteiger partial charge in [-0.3, -0.25) is 4.90 Å². The molecule has 4 heteroatoms. The van der Waals surface area contributed by atoms with Gasteiger partial charge in [0, 0.05) is 18.2 Å². The number of nitrogens with zero attached hydrogens (tertiary/aromatic N) is 1. The van der Waals surface area contributed by atoms with Gasteiger partial charge in [0.1, 0.15) is 17.3 Å². The summed E-state index contributed by atoms with van der Waals surface area (Å²) < 4.78 is 19.4. The second-order valence-electron chi connectivity index (χ2n) is 5.40. The highest BCUT2D eigenvalue weighted by Gasteiger charge is 2.14. The van der Waals surface area contributed by atoms with Crippen molar-refractivity contribution in [3.8, 4) is 0 Å². The molecular formula is C17H23FN2O. The number of aryl methyl sites for hydroxylation is 1. The Morgan fingerprint density at radius 3 is 2.62 bits per heavy atom. The highest BCUT2D eigenvalue weighted by atomic mass is 19.1. The van der Waals surface area contributed by atoms with Crippen LogP contribution in [-0.2, 0) is 6.54 Å². The van der Waals surface area contributed by atoms with Gasteiger partial charge in [-0.25, -0.2) is 4.39 Å². The molecule has 1 heterocycles. The van der Waals surface area contributed by atoms with Crippen molar-refractivity contribution in [1.82, 2.24) is 10.2 Å². The van der Waals surface area contributed by atoms with E-state index in [0.29, 0.717) is 0 Å². The van der Waals surface area contributed by atoms with Gasteiger partial charge in [-0.2, -0.15) is 0 Å². The first-order valence-corrected chi connectivity index (χ1v) is 7.25. The zero-order chi connectivity index (χ0) is 15.2. The third kappa shape index (κ3) is 4.41. The lowest BCUT2D eigenvalue weighted by atomic mass is 10.0. The zero-order valence-corrected chi connectivity index (χ0v) is 12.9. The average molecular weight is 290 g/mol. The number of furan rings is 1. The summed E-state index contributed by atoms with van der Waals surface area (Å²) >= 11 is 0. The lowest BCUT2D eigenvalue weighted by Gasteiger charge is -2.21. The Hall–Kier alpha value is -1.65. The van der Waals surface area contributed by atoms with E-state index in [9.17, 15) is 4.39 Å². The lowest BCUT2D eigenvalue weighted by Crippen LogP contribution is -2.25. The molecule has 0 fully saturated rings. The number of hydrogen-bond acceptors (Lipinski definition) is 3. The van der Waals surface area contributed by atoms with E-state index in [-0.39, 0.29) is 11.9 Å². The fourth-order valence-electron chi connectivity index (χ4n) is 2.48. The normalized spacial score (nSPS) is 12.8. The first-order chi connectivity index (χ1) is 10.1. The first kappa shape index (κ1) is 15.7. The van der Waals surface area contributed by atoms with E-state index < -0.39 is 0 Å². The Morgan fingerprint density at radius 2 is 2.00 bits per heavy atom. The van der Waals surface area contributed by atoms with Crippen LogP contribution in [0.1, 0.15) is 29.5 Å². The van der Waals surface area contributed by atoms with Crippen LogP contribution in [0.2, 0.25) is 0 Å². The number of halogens is 1.